The van der Waals surface area contributed by atoms with Crippen LogP contribution in [0.2, 0.25) is 0 Å². The molecule has 0 atom stereocenters. The molecule has 148 valence electrons. The Morgan fingerprint density at radius 1 is 1.14 bits per heavy atom. The molecule has 0 saturated heterocycles. The fourth-order valence-electron chi connectivity index (χ4n) is 2.71. The third kappa shape index (κ3) is 3.43. The van der Waals surface area contributed by atoms with Gasteiger partial charge in [-0.1, -0.05) is 0 Å². The van der Waals surface area contributed by atoms with E-state index >= 15 is 0 Å². The van der Waals surface area contributed by atoms with Crippen molar-refractivity contribution in [1.82, 2.24) is 24.1 Å². The molecule has 0 aliphatic heterocycles. The van der Waals surface area contributed by atoms with E-state index in [9.17, 15) is 22.0 Å². The molecule has 28 heavy (non-hydrogen) atoms. The molecule has 0 N–H and O–H groups in total. The van der Waals surface area contributed by atoms with Crippen LogP contribution in [0, 0.1) is 0 Å². The van der Waals surface area contributed by atoms with E-state index in [1.807, 2.05) is 18.5 Å². The van der Waals surface area contributed by atoms with Crippen LogP contribution in [0.4, 0.5) is 22.0 Å². The number of pyridine rings is 1. The summed E-state index contributed by atoms with van der Waals surface area (Å²) in [4.78, 5) is 12.2. The molecule has 0 unspecified atom stereocenters. The second-order valence-electron chi connectivity index (χ2n) is 5.93. The quantitative estimate of drug-likeness (QED) is 0.308. The first-order chi connectivity index (χ1) is 13.0. The van der Waals surface area contributed by atoms with E-state index in [0.29, 0.717) is 23.1 Å². The van der Waals surface area contributed by atoms with Gasteiger partial charge in [-0.25, -0.2) is 0 Å². The van der Waals surface area contributed by atoms with E-state index in [0.717, 1.165) is 21.4 Å². The van der Waals surface area contributed by atoms with Crippen LogP contribution >= 0.6 is 21.5 Å². The SMILES string of the molecule is CCSc1c(-c2nc3cc(C(F)(F)C(F)(F)F)ncc3n2C)n[c]([Zn][Cl])n1C. The van der Waals surface area contributed by atoms with Crippen LogP contribution < -0.4 is 4.42 Å². The Balaban J connectivity index is 2.19. The summed E-state index contributed by atoms with van der Waals surface area (Å²) in [7, 11) is 9.57. The summed E-state index contributed by atoms with van der Waals surface area (Å²) in [5, 5.41) is 0.816. The monoisotopic (exact) mass is 489 g/mol. The van der Waals surface area contributed by atoms with E-state index in [1.165, 1.54) is 11.8 Å². The summed E-state index contributed by atoms with van der Waals surface area (Å²) < 4.78 is 69.5. The van der Waals surface area contributed by atoms with Crippen LogP contribution in [-0.2, 0) is 36.2 Å². The number of alkyl halides is 5. The minimum atomic E-state index is -5.74. The van der Waals surface area contributed by atoms with Crippen LogP contribution in [0.1, 0.15) is 12.6 Å². The van der Waals surface area contributed by atoms with Crippen LogP contribution in [0.15, 0.2) is 17.3 Å². The Hall–Kier alpha value is -1.26. The van der Waals surface area contributed by atoms with Crippen molar-refractivity contribution in [2.24, 2.45) is 14.1 Å². The molecule has 0 amide bonds. The summed E-state index contributed by atoms with van der Waals surface area (Å²) >= 11 is -0.0226. The normalized spacial score (nSPS) is 12.6. The van der Waals surface area contributed by atoms with Gasteiger partial charge in [0.2, 0.25) is 0 Å². The van der Waals surface area contributed by atoms with Crippen molar-refractivity contribution < 1.29 is 38.1 Å². The molecule has 5 nitrogen and oxygen atoms in total. The molecule has 0 aliphatic rings. The van der Waals surface area contributed by atoms with Crippen molar-refractivity contribution in [3.63, 3.8) is 0 Å². The first-order valence-electron chi connectivity index (χ1n) is 8.05. The second-order valence-corrected chi connectivity index (χ2v) is 10.5. The molecular formula is C15H13ClF5N5SZn. The third-order valence-electron chi connectivity index (χ3n) is 4.19. The van der Waals surface area contributed by atoms with Gasteiger partial charge in [-0.3, -0.25) is 0 Å². The van der Waals surface area contributed by atoms with Crippen molar-refractivity contribution in [3.05, 3.63) is 18.0 Å². The van der Waals surface area contributed by atoms with Crippen LogP contribution in [-0.4, -0.2) is 36.0 Å². The Bertz CT molecular complexity index is 1030. The maximum absolute atomic E-state index is 13.6. The molecule has 3 aromatic heterocycles. The van der Waals surface area contributed by atoms with Crippen molar-refractivity contribution >= 4 is 36.9 Å². The molecule has 0 bridgehead atoms. The summed E-state index contributed by atoms with van der Waals surface area (Å²) in [5.74, 6) is -3.95. The van der Waals surface area contributed by atoms with Gasteiger partial charge in [0, 0.05) is 0 Å². The molecule has 0 aromatic carbocycles. The van der Waals surface area contributed by atoms with Gasteiger partial charge in [0.05, 0.1) is 0 Å². The number of thioether (sulfide) groups is 1. The van der Waals surface area contributed by atoms with Crippen molar-refractivity contribution in [1.29, 1.82) is 0 Å². The summed E-state index contributed by atoms with van der Waals surface area (Å²) in [6.45, 7) is 1.97. The van der Waals surface area contributed by atoms with Gasteiger partial charge in [0.15, 0.2) is 0 Å². The van der Waals surface area contributed by atoms with Crippen molar-refractivity contribution in [2.75, 3.05) is 5.75 Å². The van der Waals surface area contributed by atoms with E-state index < -0.39 is 33.9 Å². The number of nitrogens with zero attached hydrogens (tertiary/aromatic N) is 5. The van der Waals surface area contributed by atoms with Gasteiger partial charge < -0.3 is 0 Å². The Kier molecular flexibility index (Phi) is 5.77. The number of rotatable bonds is 5. The molecule has 3 rings (SSSR count). The van der Waals surface area contributed by atoms with E-state index in [1.54, 1.807) is 11.6 Å². The molecule has 0 aliphatic carbocycles. The molecule has 0 fully saturated rings. The summed E-state index contributed by atoms with van der Waals surface area (Å²) in [6.07, 6.45) is -4.77. The topological polar surface area (TPSA) is 48.5 Å². The molecule has 13 heteroatoms. The predicted molar refractivity (Wildman–Crippen MR) is 92.5 cm³/mol. The second kappa shape index (κ2) is 7.53. The predicted octanol–water partition coefficient (Wildman–Crippen LogP) is 4.00. The third-order valence-corrected chi connectivity index (χ3v) is 8.29. The zero-order chi connectivity index (χ0) is 20.9. The fourth-order valence-corrected chi connectivity index (χ4v) is 6.21. The zero-order valence-electron chi connectivity index (χ0n) is 15.0. The first-order valence-corrected chi connectivity index (χ1v) is 14.4. The maximum atomic E-state index is 13.6. The van der Waals surface area contributed by atoms with E-state index in [2.05, 4.69) is 15.0 Å². The van der Waals surface area contributed by atoms with Crippen molar-refractivity contribution in [2.45, 2.75) is 24.0 Å². The summed E-state index contributed by atoms with van der Waals surface area (Å²) in [6, 6.07) is 0.669. The number of aryl methyl sites for hydroxylation is 1. The standard InChI is InChI=1S/C15H13F5N5S.ClH.Zn/c1-4-26-13-11(22-7-24(13)2)12-23-8-5-10(14(16,17)15(18,19)20)21-6-9(8)25(12)3;;/h5-6H,4H2,1-3H3;1H;/q;;+1/p-1. The zero-order valence-corrected chi connectivity index (χ0v) is 19.5. The fraction of sp³-hybridized carbons (Fsp3) is 0.400. The van der Waals surface area contributed by atoms with Gasteiger partial charge in [0.1, 0.15) is 0 Å². The molecule has 3 aromatic rings. The van der Waals surface area contributed by atoms with Crippen LogP contribution in [0.25, 0.3) is 22.6 Å². The average molecular weight is 491 g/mol. The number of fused-ring (bicyclic) bond motifs is 1. The molecule has 0 saturated carbocycles. The molecule has 0 spiro atoms. The Labute approximate surface area is 172 Å². The van der Waals surface area contributed by atoms with Crippen LogP contribution in [0.5, 0.6) is 0 Å². The summed E-state index contributed by atoms with van der Waals surface area (Å²) in [5.41, 5.74) is -0.557. The minimum absolute atomic E-state index is 0.0153. The number of aromatic nitrogens is 5. The Morgan fingerprint density at radius 2 is 1.82 bits per heavy atom. The van der Waals surface area contributed by atoms with Crippen molar-refractivity contribution in [3.8, 4) is 11.5 Å². The van der Waals surface area contributed by atoms with Gasteiger partial charge in [-0.05, 0) is 0 Å². The van der Waals surface area contributed by atoms with E-state index in [4.69, 9.17) is 9.69 Å². The van der Waals surface area contributed by atoms with E-state index in [-0.39, 0.29) is 5.52 Å². The van der Waals surface area contributed by atoms with Crippen LogP contribution in [0.3, 0.4) is 0 Å². The Morgan fingerprint density at radius 3 is 2.39 bits per heavy atom. The molecule has 0 radical (unpaired) electrons. The first kappa shape index (κ1) is 21.5. The number of hydrogen-bond donors (Lipinski definition) is 0. The average Bonchev–Trinajstić information content (AvgIpc) is 3.11. The number of hydrogen-bond acceptors (Lipinski definition) is 4. The molecule has 3 heterocycles. The molecular weight excluding hydrogens is 478 g/mol. The number of halogens is 6. The van der Waals surface area contributed by atoms with Gasteiger partial charge in [-0.15, -0.1) is 0 Å². The number of imidazole rings is 2. The van der Waals surface area contributed by atoms with Gasteiger partial charge in [-0.2, -0.15) is 0 Å². The van der Waals surface area contributed by atoms with Gasteiger partial charge in [0.25, 0.3) is 0 Å². The van der Waals surface area contributed by atoms with Gasteiger partial charge >= 0.3 is 172 Å².